The van der Waals surface area contributed by atoms with Gasteiger partial charge in [0.15, 0.2) is 6.29 Å². The van der Waals surface area contributed by atoms with Crippen LogP contribution < -0.4 is 4.74 Å². The van der Waals surface area contributed by atoms with Gasteiger partial charge in [-0.3, -0.25) is 4.79 Å². The van der Waals surface area contributed by atoms with Gasteiger partial charge in [0.2, 0.25) is 0 Å². The van der Waals surface area contributed by atoms with Gasteiger partial charge in [-0.1, -0.05) is 30.3 Å². The molecule has 0 heterocycles. The van der Waals surface area contributed by atoms with E-state index in [0.29, 0.717) is 24.5 Å². The first-order chi connectivity index (χ1) is 9.51. The molecule has 20 heavy (non-hydrogen) atoms. The van der Waals surface area contributed by atoms with Crippen LogP contribution in [0.25, 0.3) is 10.8 Å². The van der Waals surface area contributed by atoms with Gasteiger partial charge in [-0.25, -0.2) is 0 Å². The maximum Gasteiger partial charge on any atom is 0.154 e. The molecule has 3 nitrogen and oxygen atoms in total. The van der Waals surface area contributed by atoms with E-state index in [1.165, 1.54) is 0 Å². The molecule has 2 aromatic carbocycles. The lowest BCUT2D eigenvalue weighted by Crippen LogP contribution is -2.22. The monoisotopic (exact) mass is 272 g/mol. The van der Waals surface area contributed by atoms with Gasteiger partial charge in [0.25, 0.3) is 0 Å². The number of carbonyl (C=O) groups is 1. The molecule has 0 saturated heterocycles. The summed E-state index contributed by atoms with van der Waals surface area (Å²) in [4.78, 5) is 11.3. The van der Waals surface area contributed by atoms with Crippen molar-refractivity contribution in [2.24, 2.45) is 0 Å². The lowest BCUT2D eigenvalue weighted by molar-refractivity contribution is -0.0163. The molecule has 0 bridgehead atoms. The maximum absolute atomic E-state index is 11.3. The van der Waals surface area contributed by atoms with Crippen molar-refractivity contribution in [3.8, 4) is 5.75 Å². The number of carbonyl (C=O) groups excluding carboxylic acids is 1. The van der Waals surface area contributed by atoms with Gasteiger partial charge in [0.1, 0.15) is 12.4 Å². The minimum absolute atomic E-state index is 0.180. The standard InChI is InChI=1S/C17H20O3/c1-17(2,3)20-11-10-19-16-9-8-13-6-4-5-7-14(13)15(16)12-18/h4-9,12H,10-11H2,1-3H3. The highest BCUT2D eigenvalue weighted by Gasteiger charge is 2.11. The van der Waals surface area contributed by atoms with E-state index < -0.39 is 0 Å². The Labute approximate surface area is 119 Å². The zero-order chi connectivity index (χ0) is 14.6. The number of aldehydes is 1. The molecule has 0 unspecified atom stereocenters. The molecule has 2 aromatic rings. The lowest BCUT2D eigenvalue weighted by atomic mass is 10.0. The zero-order valence-electron chi connectivity index (χ0n) is 12.2. The van der Waals surface area contributed by atoms with Crippen molar-refractivity contribution in [3.63, 3.8) is 0 Å². The summed E-state index contributed by atoms with van der Waals surface area (Å²) < 4.78 is 11.3. The summed E-state index contributed by atoms with van der Waals surface area (Å²) in [5, 5.41) is 1.95. The second-order valence-corrected chi connectivity index (χ2v) is 5.63. The Morgan fingerprint density at radius 1 is 1.05 bits per heavy atom. The molecule has 0 fully saturated rings. The Morgan fingerprint density at radius 3 is 2.50 bits per heavy atom. The van der Waals surface area contributed by atoms with Crippen molar-refractivity contribution in [1.82, 2.24) is 0 Å². The second-order valence-electron chi connectivity index (χ2n) is 5.63. The minimum atomic E-state index is -0.180. The number of fused-ring (bicyclic) bond motifs is 1. The Balaban J connectivity index is 2.12. The summed E-state index contributed by atoms with van der Waals surface area (Å²) in [6.07, 6.45) is 0.849. The minimum Gasteiger partial charge on any atom is -0.490 e. The Bertz CT molecular complexity index is 597. The predicted octanol–water partition coefficient (Wildman–Crippen LogP) is 3.85. The van der Waals surface area contributed by atoms with Gasteiger partial charge < -0.3 is 9.47 Å². The molecule has 2 rings (SSSR count). The largest absolute Gasteiger partial charge is 0.490 e. The first-order valence-corrected chi connectivity index (χ1v) is 6.75. The molecule has 0 aliphatic rings. The van der Waals surface area contributed by atoms with Crippen molar-refractivity contribution in [1.29, 1.82) is 0 Å². The van der Waals surface area contributed by atoms with Gasteiger partial charge in [0, 0.05) is 0 Å². The van der Waals surface area contributed by atoms with E-state index in [2.05, 4.69) is 0 Å². The molecule has 0 spiro atoms. The highest BCUT2D eigenvalue weighted by Crippen LogP contribution is 2.26. The number of hydrogen-bond acceptors (Lipinski definition) is 3. The van der Waals surface area contributed by atoms with Gasteiger partial charge in [-0.15, -0.1) is 0 Å². The van der Waals surface area contributed by atoms with Crippen molar-refractivity contribution >= 4 is 17.1 Å². The van der Waals surface area contributed by atoms with Crippen molar-refractivity contribution in [3.05, 3.63) is 42.0 Å². The smallest absolute Gasteiger partial charge is 0.154 e. The first kappa shape index (κ1) is 14.5. The summed E-state index contributed by atoms with van der Waals surface area (Å²) >= 11 is 0. The van der Waals surface area contributed by atoms with E-state index in [1.807, 2.05) is 57.2 Å². The molecule has 0 N–H and O–H groups in total. The molecule has 3 heteroatoms. The fourth-order valence-corrected chi connectivity index (χ4v) is 2.02. The third kappa shape index (κ3) is 3.58. The second kappa shape index (κ2) is 6.06. The van der Waals surface area contributed by atoms with Crippen molar-refractivity contribution in [2.45, 2.75) is 26.4 Å². The maximum atomic E-state index is 11.3. The van der Waals surface area contributed by atoms with E-state index in [-0.39, 0.29) is 5.60 Å². The van der Waals surface area contributed by atoms with Crippen LogP contribution in [0, 0.1) is 0 Å². The molecule has 0 radical (unpaired) electrons. The Kier molecular flexibility index (Phi) is 4.40. The summed E-state index contributed by atoms with van der Waals surface area (Å²) in [5.74, 6) is 0.608. The van der Waals surface area contributed by atoms with E-state index in [1.54, 1.807) is 0 Å². The van der Waals surface area contributed by atoms with Crippen LogP contribution in [-0.4, -0.2) is 25.1 Å². The number of ether oxygens (including phenoxy) is 2. The molecule has 106 valence electrons. The van der Waals surface area contributed by atoms with Crippen LogP contribution in [0.2, 0.25) is 0 Å². The highest BCUT2D eigenvalue weighted by atomic mass is 16.5. The van der Waals surface area contributed by atoms with E-state index >= 15 is 0 Å². The molecule has 0 amide bonds. The Hall–Kier alpha value is -1.87. The molecule has 0 aliphatic carbocycles. The van der Waals surface area contributed by atoms with Crippen LogP contribution in [0.1, 0.15) is 31.1 Å². The summed E-state index contributed by atoms with van der Waals surface area (Å²) in [5.41, 5.74) is 0.416. The topological polar surface area (TPSA) is 35.5 Å². The number of rotatable bonds is 5. The lowest BCUT2D eigenvalue weighted by Gasteiger charge is -2.19. The quantitative estimate of drug-likeness (QED) is 0.612. The van der Waals surface area contributed by atoms with E-state index in [0.717, 1.165) is 17.1 Å². The third-order valence-electron chi connectivity index (χ3n) is 2.92. The number of benzene rings is 2. The van der Waals surface area contributed by atoms with Gasteiger partial charge in [0.05, 0.1) is 17.8 Å². The summed E-state index contributed by atoms with van der Waals surface area (Å²) in [7, 11) is 0. The molecular weight excluding hydrogens is 252 g/mol. The molecule has 0 aromatic heterocycles. The van der Waals surface area contributed by atoms with Gasteiger partial charge in [-0.05, 0) is 37.6 Å². The zero-order valence-corrected chi connectivity index (χ0v) is 12.2. The average Bonchev–Trinajstić information content (AvgIpc) is 2.42. The molecule has 0 aliphatic heterocycles. The van der Waals surface area contributed by atoms with Crippen LogP contribution in [-0.2, 0) is 4.74 Å². The average molecular weight is 272 g/mol. The highest BCUT2D eigenvalue weighted by molar-refractivity contribution is 6.00. The Morgan fingerprint density at radius 2 is 1.80 bits per heavy atom. The van der Waals surface area contributed by atoms with Gasteiger partial charge in [-0.2, -0.15) is 0 Å². The fraction of sp³-hybridized carbons (Fsp3) is 0.353. The molecular formula is C17H20O3. The van der Waals surface area contributed by atoms with Gasteiger partial charge >= 0.3 is 0 Å². The van der Waals surface area contributed by atoms with E-state index in [4.69, 9.17) is 9.47 Å². The van der Waals surface area contributed by atoms with E-state index in [9.17, 15) is 4.79 Å². The summed E-state index contributed by atoms with van der Waals surface area (Å²) in [6.45, 7) is 6.92. The SMILES string of the molecule is CC(C)(C)OCCOc1ccc2ccccc2c1C=O. The normalized spacial score (nSPS) is 11.6. The van der Waals surface area contributed by atoms with Crippen molar-refractivity contribution in [2.75, 3.05) is 13.2 Å². The van der Waals surface area contributed by atoms with Crippen LogP contribution in [0.4, 0.5) is 0 Å². The molecule has 0 atom stereocenters. The van der Waals surface area contributed by atoms with Crippen LogP contribution in [0.5, 0.6) is 5.75 Å². The van der Waals surface area contributed by atoms with Crippen molar-refractivity contribution < 1.29 is 14.3 Å². The number of hydrogen-bond donors (Lipinski definition) is 0. The van der Waals surface area contributed by atoms with Crippen LogP contribution in [0.3, 0.4) is 0 Å². The molecule has 0 saturated carbocycles. The van der Waals surface area contributed by atoms with Crippen LogP contribution in [0.15, 0.2) is 36.4 Å². The fourth-order valence-electron chi connectivity index (χ4n) is 2.02. The third-order valence-corrected chi connectivity index (χ3v) is 2.92. The summed E-state index contributed by atoms with van der Waals surface area (Å²) in [6, 6.07) is 11.6. The van der Waals surface area contributed by atoms with Crippen LogP contribution >= 0.6 is 0 Å². The first-order valence-electron chi connectivity index (χ1n) is 6.75. The predicted molar refractivity (Wildman–Crippen MR) is 80.5 cm³/mol.